The lowest BCUT2D eigenvalue weighted by atomic mass is 10.00. The second-order valence-electron chi connectivity index (χ2n) is 3.67. The Kier molecular flexibility index (Phi) is 3.79. The molecule has 0 aromatic heterocycles. The lowest BCUT2D eigenvalue weighted by Crippen LogP contribution is -2.27. The van der Waals surface area contributed by atoms with Gasteiger partial charge in [-0.2, -0.15) is 11.8 Å². The molecule has 0 heterocycles. The zero-order valence-electron chi connectivity index (χ0n) is 8.80. The van der Waals surface area contributed by atoms with Gasteiger partial charge in [0.1, 0.15) is 5.82 Å². The first-order valence-electron chi connectivity index (χ1n) is 4.43. The average molecular weight is 247 g/mol. The average Bonchev–Trinajstić information content (AvgIpc) is 2.20. The first-order chi connectivity index (χ1) is 6.88. The fourth-order valence-corrected chi connectivity index (χ4v) is 1.59. The van der Waals surface area contributed by atoms with Crippen LogP contribution in [-0.2, 0) is 0 Å². The van der Waals surface area contributed by atoms with E-state index in [0.29, 0.717) is 5.02 Å². The Labute approximate surface area is 98.0 Å². The summed E-state index contributed by atoms with van der Waals surface area (Å²) in [6.45, 7) is 3.59. The van der Waals surface area contributed by atoms with Crippen LogP contribution in [0.4, 0.5) is 4.39 Å². The molecule has 1 aromatic carbocycles. The molecule has 0 atom stereocenters. The molecule has 0 radical (unpaired) electrons. The number of thioether (sulfide) groups is 1. The molecule has 1 rings (SSSR count). The minimum Gasteiger partial charge on any atom is -0.293 e. The molecule has 15 heavy (non-hydrogen) atoms. The van der Waals surface area contributed by atoms with Crippen LogP contribution in [0.25, 0.3) is 0 Å². The fourth-order valence-electron chi connectivity index (χ4n) is 1.09. The van der Waals surface area contributed by atoms with E-state index in [4.69, 9.17) is 11.6 Å². The summed E-state index contributed by atoms with van der Waals surface area (Å²) in [7, 11) is 0. The summed E-state index contributed by atoms with van der Waals surface area (Å²) in [5.74, 6) is -0.598. The SMILES string of the molecule is CSC(C)(C)C(=O)c1cc(F)ccc1Cl. The number of Topliss-reactive ketones (excluding diaryl/α,β-unsaturated/α-hetero) is 1. The highest BCUT2D eigenvalue weighted by atomic mass is 35.5. The van der Waals surface area contributed by atoms with Crippen LogP contribution in [0, 0.1) is 5.82 Å². The first kappa shape index (κ1) is 12.5. The second-order valence-corrected chi connectivity index (χ2v) is 5.50. The van der Waals surface area contributed by atoms with Gasteiger partial charge in [-0.3, -0.25) is 4.79 Å². The summed E-state index contributed by atoms with van der Waals surface area (Å²) in [4.78, 5) is 12.0. The van der Waals surface area contributed by atoms with Crippen molar-refractivity contribution in [1.29, 1.82) is 0 Å². The van der Waals surface area contributed by atoms with Crippen molar-refractivity contribution in [1.82, 2.24) is 0 Å². The highest BCUT2D eigenvalue weighted by molar-refractivity contribution is 8.00. The van der Waals surface area contributed by atoms with Gasteiger partial charge in [0.15, 0.2) is 5.78 Å². The third kappa shape index (κ3) is 2.73. The molecule has 0 aliphatic carbocycles. The molecule has 1 aromatic rings. The van der Waals surface area contributed by atoms with E-state index in [0.717, 1.165) is 0 Å². The lowest BCUT2D eigenvalue weighted by molar-refractivity contribution is 0.0958. The third-order valence-corrected chi connectivity index (χ3v) is 3.77. The van der Waals surface area contributed by atoms with E-state index in [1.54, 1.807) is 13.8 Å². The molecule has 0 aliphatic heterocycles. The maximum atomic E-state index is 13.0. The molecule has 0 unspecified atom stereocenters. The van der Waals surface area contributed by atoms with Crippen molar-refractivity contribution >= 4 is 29.1 Å². The van der Waals surface area contributed by atoms with Crippen LogP contribution in [0.1, 0.15) is 24.2 Å². The van der Waals surface area contributed by atoms with Crippen LogP contribution in [0.5, 0.6) is 0 Å². The van der Waals surface area contributed by atoms with Gasteiger partial charge in [-0.25, -0.2) is 4.39 Å². The molecule has 0 N–H and O–H groups in total. The zero-order chi connectivity index (χ0) is 11.6. The van der Waals surface area contributed by atoms with Gasteiger partial charge in [-0.05, 0) is 38.3 Å². The van der Waals surface area contributed by atoms with Crippen molar-refractivity contribution in [3.63, 3.8) is 0 Å². The minimum absolute atomic E-state index is 0.153. The first-order valence-corrected chi connectivity index (χ1v) is 6.04. The molecule has 0 amide bonds. The fraction of sp³-hybridized carbons (Fsp3) is 0.364. The van der Waals surface area contributed by atoms with E-state index in [2.05, 4.69) is 0 Å². The zero-order valence-corrected chi connectivity index (χ0v) is 10.4. The summed E-state index contributed by atoms with van der Waals surface area (Å²) < 4.78 is 12.4. The molecule has 0 bridgehead atoms. The lowest BCUT2D eigenvalue weighted by Gasteiger charge is -2.20. The monoisotopic (exact) mass is 246 g/mol. The van der Waals surface area contributed by atoms with Gasteiger partial charge in [0.2, 0.25) is 0 Å². The Morgan fingerprint density at radius 2 is 2.07 bits per heavy atom. The number of carbonyl (C=O) groups is 1. The highest BCUT2D eigenvalue weighted by Gasteiger charge is 2.29. The van der Waals surface area contributed by atoms with Crippen LogP contribution in [-0.4, -0.2) is 16.8 Å². The molecular formula is C11H12ClFOS. The van der Waals surface area contributed by atoms with E-state index >= 15 is 0 Å². The number of carbonyl (C=O) groups excluding carboxylic acids is 1. The molecule has 82 valence electrons. The van der Waals surface area contributed by atoms with Gasteiger partial charge in [0.05, 0.1) is 9.77 Å². The quantitative estimate of drug-likeness (QED) is 0.755. The number of hydrogen-bond donors (Lipinski definition) is 0. The van der Waals surface area contributed by atoms with Gasteiger partial charge in [0.25, 0.3) is 0 Å². The van der Waals surface area contributed by atoms with Crippen molar-refractivity contribution in [3.05, 3.63) is 34.6 Å². The summed E-state index contributed by atoms with van der Waals surface area (Å²) in [6, 6.07) is 3.83. The Hall–Kier alpha value is -0.540. The van der Waals surface area contributed by atoms with Gasteiger partial charge in [0, 0.05) is 5.56 Å². The van der Waals surface area contributed by atoms with Crippen molar-refractivity contribution in [2.24, 2.45) is 0 Å². The molecule has 0 spiro atoms. The predicted octanol–water partition coefficient (Wildman–Crippen LogP) is 3.80. The second kappa shape index (κ2) is 4.54. The maximum absolute atomic E-state index is 13.0. The largest absolute Gasteiger partial charge is 0.293 e. The van der Waals surface area contributed by atoms with E-state index in [-0.39, 0.29) is 11.3 Å². The van der Waals surface area contributed by atoms with Crippen LogP contribution in [0.3, 0.4) is 0 Å². The Balaban J connectivity index is 3.17. The van der Waals surface area contributed by atoms with E-state index in [1.807, 2.05) is 6.26 Å². The van der Waals surface area contributed by atoms with E-state index < -0.39 is 10.6 Å². The van der Waals surface area contributed by atoms with Crippen LogP contribution in [0.15, 0.2) is 18.2 Å². The van der Waals surface area contributed by atoms with Crippen LogP contribution < -0.4 is 0 Å². The summed E-state index contributed by atoms with van der Waals surface area (Å²) in [5.41, 5.74) is 0.246. The summed E-state index contributed by atoms with van der Waals surface area (Å²) in [6.07, 6.45) is 1.84. The molecule has 4 heteroatoms. The topological polar surface area (TPSA) is 17.1 Å². The molecule has 0 fully saturated rings. The van der Waals surface area contributed by atoms with E-state index in [9.17, 15) is 9.18 Å². The van der Waals surface area contributed by atoms with Crippen molar-refractivity contribution in [3.8, 4) is 0 Å². The molecule has 1 nitrogen and oxygen atoms in total. The van der Waals surface area contributed by atoms with Gasteiger partial charge in [-0.1, -0.05) is 11.6 Å². The summed E-state index contributed by atoms with van der Waals surface area (Å²) in [5, 5.41) is 0.295. The van der Waals surface area contributed by atoms with Crippen LogP contribution >= 0.6 is 23.4 Å². The number of rotatable bonds is 3. The molecule has 0 saturated heterocycles. The minimum atomic E-state index is -0.586. The third-order valence-electron chi connectivity index (χ3n) is 2.23. The number of hydrogen-bond acceptors (Lipinski definition) is 2. The van der Waals surface area contributed by atoms with Crippen molar-refractivity contribution in [2.45, 2.75) is 18.6 Å². The standard InChI is InChI=1S/C11H12ClFOS/c1-11(2,15-3)10(14)8-6-7(13)4-5-9(8)12/h4-6H,1-3H3. The van der Waals surface area contributed by atoms with Gasteiger partial charge >= 0.3 is 0 Å². The predicted molar refractivity (Wildman–Crippen MR) is 63.3 cm³/mol. The van der Waals surface area contributed by atoms with Crippen molar-refractivity contribution < 1.29 is 9.18 Å². The molecule has 0 saturated carbocycles. The van der Waals surface area contributed by atoms with Crippen molar-refractivity contribution in [2.75, 3.05) is 6.26 Å². The van der Waals surface area contributed by atoms with Crippen LogP contribution in [0.2, 0.25) is 5.02 Å². The Morgan fingerprint density at radius 1 is 1.47 bits per heavy atom. The normalized spacial score (nSPS) is 11.5. The molecule has 0 aliphatic rings. The van der Waals surface area contributed by atoms with Gasteiger partial charge in [-0.15, -0.1) is 0 Å². The maximum Gasteiger partial charge on any atom is 0.179 e. The van der Waals surface area contributed by atoms with E-state index in [1.165, 1.54) is 30.0 Å². The smallest absolute Gasteiger partial charge is 0.179 e. The summed E-state index contributed by atoms with van der Waals surface area (Å²) >= 11 is 7.27. The Morgan fingerprint density at radius 3 is 2.60 bits per heavy atom. The number of halogens is 2. The van der Waals surface area contributed by atoms with Gasteiger partial charge < -0.3 is 0 Å². The number of ketones is 1. The highest BCUT2D eigenvalue weighted by Crippen LogP contribution is 2.29. The number of benzene rings is 1. The Bertz CT molecular complexity index is 390. The molecular weight excluding hydrogens is 235 g/mol.